The highest BCUT2D eigenvalue weighted by Crippen LogP contribution is 2.28. The quantitative estimate of drug-likeness (QED) is 0.787. The van der Waals surface area contributed by atoms with E-state index in [1.165, 1.54) is 5.56 Å². The van der Waals surface area contributed by atoms with Crippen LogP contribution < -0.4 is 0 Å². The number of rotatable bonds is 7. The van der Waals surface area contributed by atoms with Gasteiger partial charge in [0.05, 0.1) is 6.10 Å². The molecule has 2 nitrogen and oxygen atoms in total. The molecule has 0 aliphatic rings. The minimum Gasteiger partial charge on any atom is -0.392 e. The van der Waals surface area contributed by atoms with Crippen molar-refractivity contribution >= 4 is 0 Å². The smallest absolute Gasteiger partial charge is 0.0634 e. The van der Waals surface area contributed by atoms with Gasteiger partial charge in [-0.25, -0.2) is 0 Å². The van der Waals surface area contributed by atoms with Crippen LogP contribution in [0.2, 0.25) is 0 Å². The van der Waals surface area contributed by atoms with E-state index in [1.54, 1.807) is 7.11 Å². The summed E-state index contributed by atoms with van der Waals surface area (Å²) in [5, 5.41) is 10.4. The molecule has 3 atom stereocenters. The van der Waals surface area contributed by atoms with Gasteiger partial charge >= 0.3 is 0 Å². The fourth-order valence-corrected chi connectivity index (χ4v) is 2.25. The van der Waals surface area contributed by atoms with Crippen LogP contribution in [0.5, 0.6) is 0 Å². The lowest BCUT2D eigenvalue weighted by molar-refractivity contribution is 0.0655. The predicted molar refractivity (Wildman–Crippen MR) is 71.1 cm³/mol. The SMILES string of the molecule is CCC(c1ccccc1)C(O)C(C)CCOC. The van der Waals surface area contributed by atoms with E-state index in [-0.39, 0.29) is 17.9 Å². The number of ether oxygens (including phenoxy) is 1. The molecule has 0 amide bonds. The molecular weight excluding hydrogens is 212 g/mol. The largest absolute Gasteiger partial charge is 0.392 e. The Kier molecular flexibility index (Phi) is 6.23. The van der Waals surface area contributed by atoms with Crippen LogP contribution in [-0.2, 0) is 4.74 Å². The van der Waals surface area contributed by atoms with Crippen molar-refractivity contribution in [1.82, 2.24) is 0 Å². The number of benzene rings is 1. The monoisotopic (exact) mass is 236 g/mol. The molecule has 0 radical (unpaired) electrons. The third-order valence-corrected chi connectivity index (χ3v) is 3.44. The molecule has 0 saturated carbocycles. The Morgan fingerprint density at radius 3 is 2.41 bits per heavy atom. The average molecular weight is 236 g/mol. The third-order valence-electron chi connectivity index (χ3n) is 3.44. The van der Waals surface area contributed by atoms with Crippen LogP contribution in [0.3, 0.4) is 0 Å². The van der Waals surface area contributed by atoms with Gasteiger partial charge in [-0.15, -0.1) is 0 Å². The van der Waals surface area contributed by atoms with Crippen LogP contribution in [0.4, 0.5) is 0 Å². The minimum absolute atomic E-state index is 0.225. The summed E-state index contributed by atoms with van der Waals surface area (Å²) >= 11 is 0. The summed E-state index contributed by atoms with van der Waals surface area (Å²) in [4.78, 5) is 0. The molecule has 3 unspecified atom stereocenters. The van der Waals surface area contributed by atoms with Crippen LogP contribution in [0.1, 0.15) is 38.2 Å². The molecule has 0 fully saturated rings. The highest BCUT2D eigenvalue weighted by molar-refractivity contribution is 5.20. The Bertz CT molecular complexity index is 297. The van der Waals surface area contributed by atoms with Crippen molar-refractivity contribution in [3.8, 4) is 0 Å². The maximum atomic E-state index is 10.4. The molecule has 1 rings (SSSR count). The summed E-state index contributed by atoms with van der Waals surface area (Å²) in [6.45, 7) is 4.93. The van der Waals surface area contributed by atoms with Gasteiger partial charge in [0.1, 0.15) is 0 Å². The van der Waals surface area contributed by atoms with Gasteiger partial charge < -0.3 is 9.84 Å². The molecule has 1 aromatic rings. The number of aliphatic hydroxyl groups is 1. The summed E-state index contributed by atoms with van der Waals surface area (Å²) < 4.78 is 5.07. The predicted octanol–water partition coefficient (Wildman–Crippen LogP) is 3.21. The van der Waals surface area contributed by atoms with Gasteiger partial charge in [0.15, 0.2) is 0 Å². The summed E-state index contributed by atoms with van der Waals surface area (Å²) in [6.07, 6.45) is 1.57. The first-order valence-corrected chi connectivity index (χ1v) is 6.42. The van der Waals surface area contributed by atoms with Gasteiger partial charge in [-0.1, -0.05) is 44.2 Å². The van der Waals surface area contributed by atoms with E-state index in [0.29, 0.717) is 6.61 Å². The van der Waals surface area contributed by atoms with Crippen molar-refractivity contribution < 1.29 is 9.84 Å². The lowest BCUT2D eigenvalue weighted by atomic mass is 9.83. The second-order valence-electron chi connectivity index (χ2n) is 4.67. The fourth-order valence-electron chi connectivity index (χ4n) is 2.25. The van der Waals surface area contributed by atoms with Crippen molar-refractivity contribution in [2.24, 2.45) is 5.92 Å². The van der Waals surface area contributed by atoms with Gasteiger partial charge in [-0.2, -0.15) is 0 Å². The minimum atomic E-state index is -0.294. The zero-order valence-electron chi connectivity index (χ0n) is 11.1. The van der Waals surface area contributed by atoms with Crippen LogP contribution in [0.15, 0.2) is 30.3 Å². The Balaban J connectivity index is 2.67. The van der Waals surface area contributed by atoms with Crippen molar-refractivity contribution in [2.75, 3.05) is 13.7 Å². The molecule has 0 saturated heterocycles. The zero-order chi connectivity index (χ0) is 12.7. The average Bonchev–Trinajstić information content (AvgIpc) is 2.38. The topological polar surface area (TPSA) is 29.5 Å². The maximum absolute atomic E-state index is 10.4. The number of aliphatic hydroxyl groups excluding tert-OH is 1. The molecule has 1 aromatic carbocycles. The number of hydrogen-bond acceptors (Lipinski definition) is 2. The van der Waals surface area contributed by atoms with Crippen LogP contribution >= 0.6 is 0 Å². The second-order valence-corrected chi connectivity index (χ2v) is 4.67. The highest BCUT2D eigenvalue weighted by atomic mass is 16.5. The molecule has 2 heteroatoms. The van der Waals surface area contributed by atoms with Crippen LogP contribution in [0, 0.1) is 5.92 Å². The summed E-state index contributed by atoms with van der Waals surface area (Å²) in [5.41, 5.74) is 1.23. The van der Waals surface area contributed by atoms with Crippen LogP contribution in [-0.4, -0.2) is 24.9 Å². The molecule has 1 N–H and O–H groups in total. The Labute approximate surface area is 105 Å². The van der Waals surface area contributed by atoms with E-state index in [9.17, 15) is 5.11 Å². The van der Waals surface area contributed by atoms with E-state index in [0.717, 1.165) is 12.8 Å². The second kappa shape index (κ2) is 7.46. The molecule has 0 aromatic heterocycles. The van der Waals surface area contributed by atoms with E-state index in [2.05, 4.69) is 26.0 Å². The normalized spacial score (nSPS) is 16.5. The molecular formula is C15H24O2. The van der Waals surface area contributed by atoms with Gasteiger partial charge in [-0.3, -0.25) is 0 Å². The highest BCUT2D eigenvalue weighted by Gasteiger charge is 2.24. The Morgan fingerprint density at radius 1 is 1.24 bits per heavy atom. The lowest BCUT2D eigenvalue weighted by Crippen LogP contribution is -2.26. The van der Waals surface area contributed by atoms with Gasteiger partial charge in [0.25, 0.3) is 0 Å². The van der Waals surface area contributed by atoms with Gasteiger partial charge in [0, 0.05) is 19.6 Å². The Hall–Kier alpha value is -0.860. The van der Waals surface area contributed by atoms with Gasteiger partial charge in [0.2, 0.25) is 0 Å². The molecule has 0 heterocycles. The zero-order valence-corrected chi connectivity index (χ0v) is 11.1. The van der Waals surface area contributed by atoms with Gasteiger partial charge in [-0.05, 0) is 24.3 Å². The molecule has 0 aliphatic carbocycles. The van der Waals surface area contributed by atoms with Crippen LogP contribution in [0.25, 0.3) is 0 Å². The Morgan fingerprint density at radius 2 is 1.88 bits per heavy atom. The van der Waals surface area contributed by atoms with Crippen molar-refractivity contribution in [1.29, 1.82) is 0 Å². The molecule has 0 spiro atoms. The van der Waals surface area contributed by atoms with Crippen molar-refractivity contribution in [3.05, 3.63) is 35.9 Å². The summed E-state index contributed by atoms with van der Waals surface area (Å²) in [6, 6.07) is 10.3. The molecule has 96 valence electrons. The van der Waals surface area contributed by atoms with E-state index in [4.69, 9.17) is 4.74 Å². The van der Waals surface area contributed by atoms with E-state index in [1.807, 2.05) is 18.2 Å². The standard InChI is InChI=1S/C15H24O2/c1-4-14(13-8-6-5-7-9-13)15(16)12(2)10-11-17-3/h5-9,12,14-16H,4,10-11H2,1-3H3. The first-order valence-electron chi connectivity index (χ1n) is 6.42. The first kappa shape index (κ1) is 14.2. The van der Waals surface area contributed by atoms with E-state index >= 15 is 0 Å². The lowest BCUT2D eigenvalue weighted by Gasteiger charge is -2.27. The number of hydrogen-bond donors (Lipinski definition) is 1. The molecule has 17 heavy (non-hydrogen) atoms. The summed E-state index contributed by atoms with van der Waals surface area (Å²) in [5.74, 6) is 0.489. The first-order chi connectivity index (χ1) is 8.20. The fraction of sp³-hybridized carbons (Fsp3) is 0.600. The van der Waals surface area contributed by atoms with Crippen molar-refractivity contribution in [2.45, 2.75) is 38.7 Å². The van der Waals surface area contributed by atoms with Crippen molar-refractivity contribution in [3.63, 3.8) is 0 Å². The molecule has 0 bridgehead atoms. The summed E-state index contributed by atoms with van der Waals surface area (Å²) in [7, 11) is 1.70. The maximum Gasteiger partial charge on any atom is 0.0634 e. The third kappa shape index (κ3) is 4.14. The van der Waals surface area contributed by atoms with E-state index < -0.39 is 0 Å². The molecule has 0 aliphatic heterocycles. The number of methoxy groups -OCH3 is 1.